The molecule has 0 aliphatic rings. The van der Waals surface area contributed by atoms with Gasteiger partial charge in [0.2, 0.25) is 0 Å². The van der Waals surface area contributed by atoms with Crippen molar-refractivity contribution in [3.05, 3.63) is 51.7 Å². The SMILES string of the molecule is CCCNC(CSc1cccc(Cl)c1)Cc1ccsc1. The molecule has 2 aromatic rings. The smallest absolute Gasteiger partial charge is 0.0417 e. The standard InChI is InChI=1S/C16H20ClNS2/c1-2-7-18-15(9-13-6-8-19-11-13)12-20-16-5-3-4-14(17)10-16/h3-6,8,10-11,15,18H,2,7,9,12H2,1H3. The Morgan fingerprint density at radius 3 is 2.95 bits per heavy atom. The van der Waals surface area contributed by atoms with Crippen LogP contribution in [0.25, 0.3) is 0 Å². The van der Waals surface area contributed by atoms with Crippen molar-refractivity contribution in [2.75, 3.05) is 12.3 Å². The fourth-order valence-corrected chi connectivity index (χ4v) is 3.94. The van der Waals surface area contributed by atoms with Crippen LogP contribution in [0.1, 0.15) is 18.9 Å². The minimum absolute atomic E-state index is 0.508. The normalized spacial score (nSPS) is 12.5. The predicted octanol–water partition coefficient (Wildman–Crippen LogP) is 5.10. The first kappa shape index (κ1) is 15.9. The molecule has 1 nitrogen and oxygen atoms in total. The Bertz CT molecular complexity index is 499. The third kappa shape index (κ3) is 5.49. The van der Waals surface area contributed by atoms with Gasteiger partial charge in [-0.05, 0) is 60.0 Å². The molecule has 1 unspecified atom stereocenters. The van der Waals surface area contributed by atoms with E-state index in [2.05, 4.69) is 35.1 Å². The lowest BCUT2D eigenvalue weighted by molar-refractivity contribution is 0.551. The van der Waals surface area contributed by atoms with Gasteiger partial charge in [-0.25, -0.2) is 0 Å². The fraction of sp³-hybridized carbons (Fsp3) is 0.375. The van der Waals surface area contributed by atoms with E-state index in [0.29, 0.717) is 6.04 Å². The molecule has 0 spiro atoms. The van der Waals surface area contributed by atoms with Crippen LogP contribution in [0, 0.1) is 0 Å². The number of rotatable bonds is 8. The Hall–Kier alpha value is -0.480. The van der Waals surface area contributed by atoms with Crippen LogP contribution in [-0.4, -0.2) is 18.3 Å². The molecule has 1 N–H and O–H groups in total. The lowest BCUT2D eigenvalue weighted by Crippen LogP contribution is -2.33. The molecule has 4 heteroatoms. The van der Waals surface area contributed by atoms with Crippen LogP contribution in [0.5, 0.6) is 0 Å². The van der Waals surface area contributed by atoms with Crippen LogP contribution >= 0.6 is 34.7 Å². The zero-order valence-electron chi connectivity index (χ0n) is 11.6. The van der Waals surface area contributed by atoms with Crippen molar-refractivity contribution in [1.82, 2.24) is 5.32 Å². The number of thioether (sulfide) groups is 1. The molecule has 0 saturated heterocycles. The summed E-state index contributed by atoms with van der Waals surface area (Å²) in [6.07, 6.45) is 2.26. The summed E-state index contributed by atoms with van der Waals surface area (Å²) in [7, 11) is 0. The van der Waals surface area contributed by atoms with Crippen LogP contribution in [0.2, 0.25) is 5.02 Å². The van der Waals surface area contributed by atoms with Gasteiger partial charge >= 0.3 is 0 Å². The maximum Gasteiger partial charge on any atom is 0.0417 e. The summed E-state index contributed by atoms with van der Waals surface area (Å²) in [5, 5.41) is 8.84. The van der Waals surface area contributed by atoms with Gasteiger partial charge in [-0.2, -0.15) is 11.3 Å². The largest absolute Gasteiger partial charge is 0.313 e. The molecule has 0 bridgehead atoms. The van der Waals surface area contributed by atoms with Gasteiger partial charge in [0.15, 0.2) is 0 Å². The lowest BCUT2D eigenvalue weighted by atomic mass is 10.1. The zero-order valence-corrected chi connectivity index (χ0v) is 14.0. The van der Waals surface area contributed by atoms with Gasteiger partial charge in [0.25, 0.3) is 0 Å². The highest BCUT2D eigenvalue weighted by molar-refractivity contribution is 7.99. The van der Waals surface area contributed by atoms with Gasteiger partial charge in [-0.1, -0.05) is 24.6 Å². The van der Waals surface area contributed by atoms with Crippen molar-refractivity contribution in [1.29, 1.82) is 0 Å². The molecule has 1 atom stereocenters. The summed E-state index contributed by atoms with van der Waals surface area (Å²) >= 11 is 9.67. The minimum atomic E-state index is 0.508. The van der Waals surface area contributed by atoms with Gasteiger partial charge in [0.05, 0.1) is 0 Å². The van der Waals surface area contributed by atoms with Crippen molar-refractivity contribution in [3.8, 4) is 0 Å². The van der Waals surface area contributed by atoms with Crippen molar-refractivity contribution < 1.29 is 0 Å². The molecule has 0 radical (unpaired) electrons. The maximum atomic E-state index is 6.03. The highest BCUT2D eigenvalue weighted by Gasteiger charge is 2.10. The average molecular weight is 326 g/mol. The van der Waals surface area contributed by atoms with Gasteiger partial charge in [0.1, 0.15) is 0 Å². The van der Waals surface area contributed by atoms with E-state index in [-0.39, 0.29) is 0 Å². The third-order valence-electron chi connectivity index (χ3n) is 2.99. The van der Waals surface area contributed by atoms with E-state index in [1.807, 2.05) is 30.0 Å². The third-order valence-corrected chi connectivity index (χ3v) is 5.12. The van der Waals surface area contributed by atoms with Crippen molar-refractivity contribution in [2.24, 2.45) is 0 Å². The molecular formula is C16H20ClNS2. The van der Waals surface area contributed by atoms with Gasteiger partial charge < -0.3 is 5.32 Å². The van der Waals surface area contributed by atoms with Crippen molar-refractivity contribution in [2.45, 2.75) is 30.7 Å². The summed E-state index contributed by atoms with van der Waals surface area (Å²) in [6, 6.07) is 10.8. The average Bonchev–Trinajstić information content (AvgIpc) is 2.95. The topological polar surface area (TPSA) is 12.0 Å². The van der Waals surface area contributed by atoms with E-state index in [0.717, 1.165) is 23.7 Å². The van der Waals surface area contributed by atoms with E-state index in [1.54, 1.807) is 11.3 Å². The number of benzene rings is 1. The zero-order chi connectivity index (χ0) is 14.2. The van der Waals surface area contributed by atoms with Crippen molar-refractivity contribution in [3.63, 3.8) is 0 Å². The van der Waals surface area contributed by atoms with E-state index in [9.17, 15) is 0 Å². The Labute approximate surface area is 134 Å². The molecule has 1 aromatic heterocycles. The Morgan fingerprint density at radius 2 is 2.25 bits per heavy atom. The lowest BCUT2D eigenvalue weighted by Gasteiger charge is -2.17. The molecule has 0 fully saturated rings. The molecule has 0 amide bonds. The quantitative estimate of drug-likeness (QED) is 0.677. The highest BCUT2D eigenvalue weighted by Crippen LogP contribution is 2.23. The number of thiophene rings is 1. The predicted molar refractivity (Wildman–Crippen MR) is 92.3 cm³/mol. The fourth-order valence-electron chi connectivity index (χ4n) is 1.99. The van der Waals surface area contributed by atoms with E-state index in [1.165, 1.54) is 16.9 Å². The van der Waals surface area contributed by atoms with Crippen LogP contribution in [-0.2, 0) is 6.42 Å². The second-order valence-electron chi connectivity index (χ2n) is 4.76. The first-order valence-electron chi connectivity index (χ1n) is 6.90. The highest BCUT2D eigenvalue weighted by atomic mass is 35.5. The summed E-state index contributed by atoms with van der Waals surface area (Å²) in [6.45, 7) is 3.28. The number of nitrogens with one attached hydrogen (secondary N) is 1. The first-order chi connectivity index (χ1) is 9.78. The van der Waals surface area contributed by atoms with E-state index >= 15 is 0 Å². The first-order valence-corrected chi connectivity index (χ1v) is 9.21. The molecule has 0 aliphatic heterocycles. The van der Waals surface area contributed by atoms with E-state index < -0.39 is 0 Å². The molecule has 1 aromatic carbocycles. The molecular weight excluding hydrogens is 306 g/mol. The molecule has 20 heavy (non-hydrogen) atoms. The van der Waals surface area contributed by atoms with Gasteiger partial charge in [-0.3, -0.25) is 0 Å². The summed E-state index contributed by atoms with van der Waals surface area (Å²) in [5.74, 6) is 1.07. The van der Waals surface area contributed by atoms with E-state index in [4.69, 9.17) is 11.6 Å². The Balaban J connectivity index is 1.89. The molecule has 0 saturated carbocycles. The Morgan fingerprint density at radius 1 is 1.35 bits per heavy atom. The van der Waals surface area contributed by atoms with Crippen LogP contribution in [0.3, 0.4) is 0 Å². The number of hydrogen-bond acceptors (Lipinski definition) is 3. The monoisotopic (exact) mass is 325 g/mol. The van der Waals surface area contributed by atoms with Crippen LogP contribution in [0.15, 0.2) is 46.0 Å². The number of halogens is 1. The maximum absolute atomic E-state index is 6.03. The minimum Gasteiger partial charge on any atom is -0.313 e. The van der Waals surface area contributed by atoms with Gasteiger partial charge in [0, 0.05) is 21.7 Å². The second kappa shape index (κ2) is 8.73. The molecule has 0 aliphatic carbocycles. The summed E-state index contributed by atoms with van der Waals surface area (Å²) < 4.78 is 0. The summed E-state index contributed by atoms with van der Waals surface area (Å²) in [5.41, 5.74) is 1.43. The number of hydrogen-bond donors (Lipinski definition) is 1. The van der Waals surface area contributed by atoms with Gasteiger partial charge in [-0.15, -0.1) is 11.8 Å². The van der Waals surface area contributed by atoms with Crippen molar-refractivity contribution >= 4 is 34.7 Å². The molecule has 108 valence electrons. The molecule has 1 heterocycles. The second-order valence-corrected chi connectivity index (χ2v) is 7.07. The van der Waals surface area contributed by atoms with Crippen LogP contribution < -0.4 is 5.32 Å². The van der Waals surface area contributed by atoms with Crippen LogP contribution in [0.4, 0.5) is 0 Å². The Kier molecular flexibility index (Phi) is 6.94. The molecule has 2 rings (SSSR count). The summed E-state index contributed by atoms with van der Waals surface area (Å²) in [4.78, 5) is 1.24.